The number of fused-ring (bicyclic) bond motifs is 1. The van der Waals surface area contributed by atoms with Crippen LogP contribution < -0.4 is 10.6 Å². The molecule has 1 aromatic carbocycles. The predicted octanol–water partition coefficient (Wildman–Crippen LogP) is 1.05. The molecule has 128 valence electrons. The molecule has 0 radical (unpaired) electrons. The topological polar surface area (TPSA) is 78.5 Å². The van der Waals surface area contributed by atoms with Crippen LogP contribution in [0.1, 0.15) is 32.7 Å². The number of carbonyl (C=O) groups excluding carboxylic acids is 3. The van der Waals surface area contributed by atoms with Crippen LogP contribution in [0.15, 0.2) is 29.8 Å². The first-order valence-corrected chi connectivity index (χ1v) is 7.68. The average molecular weight is 350 g/mol. The van der Waals surface area contributed by atoms with E-state index < -0.39 is 11.8 Å². The number of hydrogen-bond donors (Lipinski definition) is 2. The lowest BCUT2D eigenvalue weighted by atomic mass is 10.1. The van der Waals surface area contributed by atoms with Crippen molar-refractivity contribution in [2.24, 2.45) is 0 Å². The molecule has 0 atom stereocenters. The lowest BCUT2D eigenvalue weighted by molar-refractivity contribution is -0.121. The molecule has 2 N–H and O–H groups in total. The van der Waals surface area contributed by atoms with Gasteiger partial charge in [0.1, 0.15) is 6.54 Å². The molecule has 3 rings (SSSR count). The van der Waals surface area contributed by atoms with Crippen LogP contribution in [0.25, 0.3) is 0 Å². The number of nitrogens with zero attached hydrogens (tertiary/aromatic N) is 1. The highest BCUT2D eigenvalue weighted by Gasteiger charge is 2.36. The fourth-order valence-electron chi connectivity index (χ4n) is 2.79. The van der Waals surface area contributed by atoms with Crippen molar-refractivity contribution in [3.05, 3.63) is 46.5 Å². The van der Waals surface area contributed by atoms with Crippen molar-refractivity contribution >= 4 is 30.1 Å². The highest BCUT2D eigenvalue weighted by molar-refractivity contribution is 6.22. The van der Waals surface area contributed by atoms with Crippen LogP contribution in [0.3, 0.4) is 0 Å². The van der Waals surface area contributed by atoms with Crippen LogP contribution in [-0.2, 0) is 4.79 Å². The number of halogens is 1. The summed E-state index contributed by atoms with van der Waals surface area (Å²) in [6, 6.07) is 5.12. The molecule has 2 aliphatic heterocycles. The van der Waals surface area contributed by atoms with E-state index in [0.717, 1.165) is 35.5 Å². The van der Waals surface area contributed by atoms with Gasteiger partial charge in [0.15, 0.2) is 0 Å². The summed E-state index contributed by atoms with van der Waals surface area (Å²) >= 11 is 0. The van der Waals surface area contributed by atoms with Gasteiger partial charge in [-0.05, 0) is 32.0 Å². The Morgan fingerprint density at radius 1 is 1.25 bits per heavy atom. The van der Waals surface area contributed by atoms with Crippen molar-refractivity contribution in [3.8, 4) is 0 Å². The van der Waals surface area contributed by atoms with Crippen LogP contribution in [0.4, 0.5) is 0 Å². The monoisotopic (exact) mass is 349 g/mol. The quantitative estimate of drug-likeness (QED) is 0.629. The van der Waals surface area contributed by atoms with Crippen molar-refractivity contribution < 1.29 is 14.4 Å². The van der Waals surface area contributed by atoms with Gasteiger partial charge in [-0.1, -0.05) is 23.3 Å². The molecule has 0 fully saturated rings. The molecule has 0 bridgehead atoms. The maximum Gasteiger partial charge on any atom is 0.262 e. The second-order valence-corrected chi connectivity index (χ2v) is 5.84. The van der Waals surface area contributed by atoms with Crippen molar-refractivity contribution in [1.29, 1.82) is 0 Å². The van der Waals surface area contributed by atoms with Crippen molar-refractivity contribution in [2.75, 3.05) is 26.2 Å². The van der Waals surface area contributed by atoms with Crippen LogP contribution in [0, 0.1) is 6.92 Å². The molecule has 3 amide bonds. The van der Waals surface area contributed by atoms with E-state index >= 15 is 0 Å². The Balaban J connectivity index is 0.00000208. The fourth-order valence-corrected chi connectivity index (χ4v) is 2.79. The Morgan fingerprint density at radius 3 is 2.71 bits per heavy atom. The summed E-state index contributed by atoms with van der Waals surface area (Å²) in [5.41, 5.74) is 2.82. The number of rotatable bonds is 4. The van der Waals surface area contributed by atoms with Gasteiger partial charge < -0.3 is 10.6 Å². The standard InChI is InChI=1S/C17H19N3O3.ClH/c1-11-2-3-13-14(8-11)17(23)20(16(13)22)10-15(21)19-9-12-4-6-18-7-5-12;/h2-4,8,18H,5-7,9-10H2,1H3,(H,19,21);1H. The van der Waals surface area contributed by atoms with E-state index in [2.05, 4.69) is 16.7 Å². The molecule has 6 nitrogen and oxygen atoms in total. The molecule has 0 saturated carbocycles. The smallest absolute Gasteiger partial charge is 0.262 e. The summed E-state index contributed by atoms with van der Waals surface area (Å²) in [5, 5.41) is 5.98. The van der Waals surface area contributed by atoms with E-state index in [1.807, 2.05) is 6.92 Å². The second kappa shape index (κ2) is 7.59. The summed E-state index contributed by atoms with van der Waals surface area (Å²) in [7, 11) is 0. The molecule has 0 aromatic heterocycles. The molecule has 1 aromatic rings. The van der Waals surface area contributed by atoms with E-state index in [9.17, 15) is 14.4 Å². The maximum absolute atomic E-state index is 12.3. The number of imide groups is 1. The van der Waals surface area contributed by atoms with Gasteiger partial charge in [-0.3, -0.25) is 19.3 Å². The van der Waals surface area contributed by atoms with Gasteiger partial charge in [0, 0.05) is 13.1 Å². The molecular formula is C17H20ClN3O3. The van der Waals surface area contributed by atoms with Gasteiger partial charge in [0.25, 0.3) is 11.8 Å². The third-order valence-corrected chi connectivity index (χ3v) is 4.10. The largest absolute Gasteiger partial charge is 0.351 e. The van der Waals surface area contributed by atoms with Crippen LogP contribution >= 0.6 is 12.4 Å². The summed E-state index contributed by atoms with van der Waals surface area (Å²) in [6.07, 6.45) is 2.95. The molecule has 2 heterocycles. The Kier molecular flexibility index (Phi) is 5.75. The first-order valence-electron chi connectivity index (χ1n) is 7.68. The number of hydrogen-bond acceptors (Lipinski definition) is 4. The summed E-state index contributed by atoms with van der Waals surface area (Å²) in [4.78, 5) is 37.6. The van der Waals surface area contributed by atoms with Crippen LogP contribution in [0.5, 0.6) is 0 Å². The number of nitrogens with one attached hydrogen (secondary N) is 2. The van der Waals surface area contributed by atoms with Crippen LogP contribution in [-0.4, -0.2) is 48.8 Å². The van der Waals surface area contributed by atoms with E-state index in [4.69, 9.17) is 0 Å². The molecular weight excluding hydrogens is 330 g/mol. The zero-order chi connectivity index (χ0) is 16.4. The highest BCUT2D eigenvalue weighted by atomic mass is 35.5. The van der Waals surface area contributed by atoms with Gasteiger partial charge in [-0.15, -0.1) is 12.4 Å². The lowest BCUT2D eigenvalue weighted by Crippen LogP contribution is -2.41. The molecule has 0 aliphatic carbocycles. The zero-order valence-electron chi connectivity index (χ0n) is 13.4. The Bertz CT molecular complexity index is 715. The molecule has 24 heavy (non-hydrogen) atoms. The van der Waals surface area contributed by atoms with Gasteiger partial charge in [0.05, 0.1) is 11.1 Å². The Hall–Kier alpha value is -2.18. The number of benzene rings is 1. The molecule has 0 saturated heterocycles. The number of amides is 3. The molecule has 0 spiro atoms. The lowest BCUT2D eigenvalue weighted by Gasteiger charge is -2.16. The minimum absolute atomic E-state index is 0. The average Bonchev–Trinajstić information content (AvgIpc) is 2.78. The minimum Gasteiger partial charge on any atom is -0.351 e. The van der Waals surface area contributed by atoms with Crippen molar-refractivity contribution in [1.82, 2.24) is 15.5 Å². The second-order valence-electron chi connectivity index (χ2n) is 5.84. The van der Waals surface area contributed by atoms with Gasteiger partial charge in [0.2, 0.25) is 5.91 Å². The Labute approximate surface area is 146 Å². The van der Waals surface area contributed by atoms with Crippen LogP contribution in [0.2, 0.25) is 0 Å². The van der Waals surface area contributed by atoms with E-state index in [1.165, 1.54) is 0 Å². The van der Waals surface area contributed by atoms with E-state index in [0.29, 0.717) is 17.7 Å². The van der Waals surface area contributed by atoms with Gasteiger partial charge in [-0.25, -0.2) is 0 Å². The normalized spacial score (nSPS) is 16.4. The Morgan fingerprint density at radius 2 is 2.00 bits per heavy atom. The van der Waals surface area contributed by atoms with E-state index in [-0.39, 0.29) is 24.9 Å². The number of carbonyl (C=O) groups is 3. The van der Waals surface area contributed by atoms with Gasteiger partial charge >= 0.3 is 0 Å². The summed E-state index contributed by atoms with van der Waals surface area (Å²) in [6.45, 7) is 3.79. The van der Waals surface area contributed by atoms with E-state index in [1.54, 1.807) is 18.2 Å². The fraction of sp³-hybridized carbons (Fsp3) is 0.353. The third-order valence-electron chi connectivity index (χ3n) is 4.10. The summed E-state index contributed by atoms with van der Waals surface area (Å²) in [5.74, 6) is -1.12. The first kappa shape index (κ1) is 18.2. The third kappa shape index (κ3) is 3.66. The van der Waals surface area contributed by atoms with Crippen molar-refractivity contribution in [2.45, 2.75) is 13.3 Å². The maximum atomic E-state index is 12.3. The van der Waals surface area contributed by atoms with Gasteiger partial charge in [-0.2, -0.15) is 0 Å². The molecule has 2 aliphatic rings. The first-order chi connectivity index (χ1) is 11.1. The minimum atomic E-state index is -0.402. The zero-order valence-corrected chi connectivity index (χ0v) is 14.2. The molecule has 7 heteroatoms. The SMILES string of the molecule is Cc1ccc2c(c1)C(=O)N(CC(=O)NCC1=CCNCC1)C2=O.Cl. The molecule has 0 unspecified atom stereocenters. The number of aryl methyl sites for hydroxylation is 1. The van der Waals surface area contributed by atoms with Crippen molar-refractivity contribution in [3.63, 3.8) is 0 Å². The summed E-state index contributed by atoms with van der Waals surface area (Å²) < 4.78 is 0. The highest BCUT2D eigenvalue weighted by Crippen LogP contribution is 2.23. The predicted molar refractivity (Wildman–Crippen MR) is 92.4 cm³/mol.